The van der Waals surface area contributed by atoms with Gasteiger partial charge in [-0.1, -0.05) is 36.4 Å². The third kappa shape index (κ3) is 4.83. The lowest BCUT2D eigenvalue weighted by Crippen LogP contribution is -2.16. The molecule has 0 N–H and O–H groups in total. The molecule has 1 aliphatic carbocycles. The molecule has 1 fully saturated rings. The number of aromatic nitrogens is 4. The molecule has 1 aromatic carbocycles. The van der Waals surface area contributed by atoms with Crippen LogP contribution in [-0.2, 0) is 19.0 Å². The molecule has 0 amide bonds. The Balaban J connectivity index is 1.31. The minimum atomic E-state index is -4.49. The lowest BCUT2D eigenvalue weighted by Gasteiger charge is -2.29. The monoisotopic (exact) mass is 464 g/mol. The van der Waals surface area contributed by atoms with Crippen molar-refractivity contribution in [2.75, 3.05) is 0 Å². The normalized spacial score (nSPS) is 18.9. The number of hydrogen-bond acceptors (Lipinski definition) is 3. The van der Waals surface area contributed by atoms with E-state index in [1.54, 1.807) is 24.5 Å². The molecule has 1 saturated carbocycles. The average molecular weight is 465 g/mol. The topological polar surface area (TPSA) is 43.1 Å². The van der Waals surface area contributed by atoms with Crippen molar-refractivity contribution in [1.29, 1.82) is 0 Å². The molecule has 4 nitrogen and oxygen atoms in total. The molecule has 34 heavy (non-hydrogen) atoms. The first-order valence-corrected chi connectivity index (χ1v) is 11.9. The number of aryl methyl sites for hydroxylation is 1. The molecule has 0 saturated heterocycles. The van der Waals surface area contributed by atoms with Crippen molar-refractivity contribution in [1.82, 2.24) is 19.6 Å². The Hall–Kier alpha value is -3.22. The Morgan fingerprint density at radius 3 is 2.35 bits per heavy atom. The summed E-state index contributed by atoms with van der Waals surface area (Å²) in [5.41, 5.74) is 1.64. The van der Waals surface area contributed by atoms with Crippen LogP contribution in [0.4, 0.5) is 13.2 Å². The van der Waals surface area contributed by atoms with Gasteiger partial charge in [-0.3, -0.25) is 9.38 Å². The van der Waals surface area contributed by atoms with Gasteiger partial charge in [-0.15, -0.1) is 10.2 Å². The third-order valence-corrected chi connectivity index (χ3v) is 7.02. The van der Waals surface area contributed by atoms with Crippen LogP contribution in [0.15, 0.2) is 67.0 Å². The minimum absolute atomic E-state index is 0.122. The van der Waals surface area contributed by atoms with Crippen LogP contribution in [-0.4, -0.2) is 19.6 Å². The second-order valence-electron chi connectivity index (χ2n) is 9.19. The van der Waals surface area contributed by atoms with Gasteiger partial charge in [0.15, 0.2) is 5.65 Å². The average Bonchev–Trinajstić information content (AvgIpc) is 3.25. The smallest absolute Gasteiger partial charge is 0.286 e. The maximum Gasteiger partial charge on any atom is 0.420 e. The Morgan fingerprint density at radius 1 is 0.882 bits per heavy atom. The van der Waals surface area contributed by atoms with Crippen LogP contribution < -0.4 is 0 Å². The molecule has 0 bridgehead atoms. The zero-order valence-electron chi connectivity index (χ0n) is 18.9. The molecule has 3 aromatic heterocycles. The van der Waals surface area contributed by atoms with Gasteiger partial charge in [-0.25, -0.2) is 0 Å². The summed E-state index contributed by atoms with van der Waals surface area (Å²) in [6.07, 6.45) is 4.63. The van der Waals surface area contributed by atoms with E-state index in [-0.39, 0.29) is 5.65 Å². The minimum Gasteiger partial charge on any atom is -0.286 e. The fraction of sp³-hybridized carbons (Fsp3) is 0.370. The first-order chi connectivity index (χ1) is 16.5. The predicted octanol–water partition coefficient (Wildman–Crippen LogP) is 6.64. The zero-order valence-corrected chi connectivity index (χ0v) is 18.9. The van der Waals surface area contributed by atoms with E-state index in [9.17, 15) is 13.2 Å². The zero-order chi connectivity index (χ0) is 23.5. The highest BCUT2D eigenvalue weighted by Crippen LogP contribution is 2.39. The number of pyridine rings is 2. The third-order valence-electron chi connectivity index (χ3n) is 7.02. The molecule has 176 valence electrons. The molecule has 0 unspecified atom stereocenters. The van der Waals surface area contributed by atoms with Gasteiger partial charge >= 0.3 is 6.18 Å². The van der Waals surface area contributed by atoms with Gasteiger partial charge in [0.1, 0.15) is 11.4 Å². The van der Waals surface area contributed by atoms with Crippen molar-refractivity contribution in [2.24, 2.45) is 5.92 Å². The number of rotatable bonds is 6. The van der Waals surface area contributed by atoms with Crippen LogP contribution in [0.5, 0.6) is 0 Å². The fourth-order valence-corrected chi connectivity index (χ4v) is 5.21. The SMILES string of the molecule is FC(F)(F)c1c(CCC2CCC(c3ccccc3)CC2)ccn2c(Cc3ccccn3)nnc12. The maximum absolute atomic E-state index is 14.1. The molecule has 3 heterocycles. The second kappa shape index (κ2) is 9.57. The summed E-state index contributed by atoms with van der Waals surface area (Å²) in [7, 11) is 0. The van der Waals surface area contributed by atoms with Crippen LogP contribution in [0, 0.1) is 5.92 Å². The van der Waals surface area contributed by atoms with Gasteiger partial charge in [0.25, 0.3) is 0 Å². The molecular weight excluding hydrogens is 437 g/mol. The van der Waals surface area contributed by atoms with Gasteiger partial charge in [0.05, 0.1) is 6.42 Å². The van der Waals surface area contributed by atoms with Crippen molar-refractivity contribution in [3.05, 3.63) is 95.2 Å². The molecule has 0 spiro atoms. The van der Waals surface area contributed by atoms with Gasteiger partial charge in [0, 0.05) is 18.1 Å². The van der Waals surface area contributed by atoms with E-state index in [0.29, 0.717) is 36.1 Å². The van der Waals surface area contributed by atoms with E-state index in [0.717, 1.165) is 37.8 Å². The van der Waals surface area contributed by atoms with Crippen LogP contribution >= 0.6 is 0 Å². The number of nitrogens with zero attached hydrogens (tertiary/aromatic N) is 4. The van der Waals surface area contributed by atoms with E-state index in [4.69, 9.17) is 0 Å². The number of benzene rings is 1. The highest BCUT2D eigenvalue weighted by molar-refractivity contribution is 5.54. The van der Waals surface area contributed by atoms with Gasteiger partial charge in [0.2, 0.25) is 0 Å². The first-order valence-electron chi connectivity index (χ1n) is 11.9. The summed E-state index contributed by atoms with van der Waals surface area (Å²) in [5, 5.41) is 8.01. The summed E-state index contributed by atoms with van der Waals surface area (Å²) in [6.45, 7) is 0. The van der Waals surface area contributed by atoms with Crippen LogP contribution in [0.2, 0.25) is 0 Å². The van der Waals surface area contributed by atoms with Crippen molar-refractivity contribution >= 4 is 5.65 Å². The molecule has 7 heteroatoms. The molecular formula is C27H27F3N4. The van der Waals surface area contributed by atoms with Crippen LogP contribution in [0.25, 0.3) is 5.65 Å². The Kier molecular flexibility index (Phi) is 6.35. The number of fused-ring (bicyclic) bond motifs is 1. The summed E-state index contributed by atoms with van der Waals surface area (Å²) in [5.74, 6) is 1.47. The lowest BCUT2D eigenvalue weighted by atomic mass is 9.77. The Bertz CT molecular complexity index is 1230. The lowest BCUT2D eigenvalue weighted by molar-refractivity contribution is -0.137. The van der Waals surface area contributed by atoms with E-state index < -0.39 is 11.7 Å². The fourth-order valence-electron chi connectivity index (χ4n) is 5.21. The molecule has 0 atom stereocenters. The van der Waals surface area contributed by atoms with Gasteiger partial charge in [-0.2, -0.15) is 13.2 Å². The number of hydrogen-bond donors (Lipinski definition) is 0. The van der Waals surface area contributed by atoms with Crippen molar-refractivity contribution in [3.8, 4) is 0 Å². The highest BCUT2D eigenvalue weighted by Gasteiger charge is 2.37. The summed E-state index contributed by atoms with van der Waals surface area (Å²) in [4.78, 5) is 4.25. The van der Waals surface area contributed by atoms with Crippen molar-refractivity contribution in [3.63, 3.8) is 0 Å². The van der Waals surface area contributed by atoms with Gasteiger partial charge < -0.3 is 0 Å². The predicted molar refractivity (Wildman–Crippen MR) is 124 cm³/mol. The second-order valence-corrected chi connectivity index (χ2v) is 9.19. The summed E-state index contributed by atoms with van der Waals surface area (Å²) >= 11 is 0. The van der Waals surface area contributed by atoms with Crippen molar-refractivity contribution < 1.29 is 13.2 Å². The standard InChI is InChI=1S/C27H27F3N4/c28-27(29,30)25-22(14-11-19-9-12-21(13-10-19)20-6-2-1-3-7-20)15-17-34-24(32-33-26(25)34)18-23-8-4-5-16-31-23/h1-8,15-17,19,21H,9-14,18H2. The molecule has 0 aliphatic heterocycles. The largest absolute Gasteiger partial charge is 0.420 e. The first kappa shape index (κ1) is 22.6. The summed E-state index contributed by atoms with van der Waals surface area (Å²) in [6, 6.07) is 17.6. The van der Waals surface area contributed by atoms with Gasteiger partial charge in [-0.05, 0) is 79.7 Å². The molecule has 5 rings (SSSR count). The molecule has 1 aliphatic rings. The Morgan fingerprint density at radius 2 is 1.65 bits per heavy atom. The van der Waals surface area contributed by atoms with Crippen LogP contribution in [0.3, 0.4) is 0 Å². The van der Waals surface area contributed by atoms with Crippen molar-refractivity contribution in [2.45, 2.75) is 57.0 Å². The number of halogens is 3. The van der Waals surface area contributed by atoms with E-state index in [1.807, 2.05) is 18.2 Å². The number of alkyl halides is 3. The quantitative estimate of drug-likeness (QED) is 0.321. The maximum atomic E-state index is 14.1. The Labute approximate surface area is 196 Å². The van der Waals surface area contributed by atoms with E-state index in [2.05, 4.69) is 39.4 Å². The summed E-state index contributed by atoms with van der Waals surface area (Å²) < 4.78 is 43.8. The van der Waals surface area contributed by atoms with E-state index >= 15 is 0 Å². The van der Waals surface area contributed by atoms with Crippen LogP contribution in [0.1, 0.15) is 66.2 Å². The molecule has 0 radical (unpaired) electrons. The molecule has 4 aromatic rings. The van der Waals surface area contributed by atoms with E-state index in [1.165, 1.54) is 9.96 Å². The highest BCUT2D eigenvalue weighted by atomic mass is 19.4.